The molecule has 2 aliphatic rings. The van der Waals surface area contributed by atoms with E-state index in [-0.39, 0.29) is 23.0 Å². The third-order valence-electron chi connectivity index (χ3n) is 2.86. The summed E-state index contributed by atoms with van der Waals surface area (Å²) in [5.41, 5.74) is 0.419. The normalized spacial score (nSPS) is 25.6. The van der Waals surface area contributed by atoms with Crippen LogP contribution in [0.15, 0.2) is 23.3 Å². The number of fused-ring (bicyclic) bond motifs is 1. The van der Waals surface area contributed by atoms with Gasteiger partial charge < -0.3 is 14.8 Å². The van der Waals surface area contributed by atoms with Crippen LogP contribution >= 0.6 is 0 Å². The van der Waals surface area contributed by atoms with E-state index in [0.29, 0.717) is 0 Å². The maximum Gasteiger partial charge on any atom is 0.336 e. The summed E-state index contributed by atoms with van der Waals surface area (Å²) >= 11 is 0. The first-order valence-electron chi connectivity index (χ1n) is 4.99. The van der Waals surface area contributed by atoms with Gasteiger partial charge >= 0.3 is 11.9 Å². The molecule has 0 aromatic carbocycles. The van der Waals surface area contributed by atoms with Crippen LogP contribution in [0.3, 0.4) is 0 Å². The average Bonchev–Trinajstić information content (AvgIpc) is 2.31. The Morgan fingerprint density at radius 3 is 2.35 bits per heavy atom. The van der Waals surface area contributed by atoms with Crippen molar-refractivity contribution in [3.63, 3.8) is 0 Å². The second kappa shape index (κ2) is 4.04. The number of rotatable bonds is 2. The minimum absolute atomic E-state index is 0.169. The van der Waals surface area contributed by atoms with Crippen molar-refractivity contribution in [2.45, 2.75) is 6.04 Å². The number of carbonyl (C=O) groups is 3. The number of hydrogen-bond donors (Lipinski definition) is 1. The van der Waals surface area contributed by atoms with E-state index in [0.717, 1.165) is 0 Å². The molecule has 0 bridgehead atoms. The fourth-order valence-electron chi connectivity index (χ4n) is 2.06. The number of ether oxygens (including phenoxy) is 2. The van der Waals surface area contributed by atoms with Crippen LogP contribution < -0.4 is 5.32 Å². The van der Waals surface area contributed by atoms with Crippen molar-refractivity contribution < 1.29 is 23.9 Å². The molecule has 1 heterocycles. The Bertz CT molecular complexity index is 462. The van der Waals surface area contributed by atoms with E-state index in [9.17, 15) is 14.4 Å². The number of esters is 2. The Hall–Kier alpha value is -2.11. The Balaban J connectivity index is 2.39. The minimum atomic E-state index is -0.623. The summed E-state index contributed by atoms with van der Waals surface area (Å²) in [7, 11) is 2.46. The SMILES string of the molecule is COC(=O)C1=C(C(=O)OC)[C@@H]2C=CC(=O)N[C@H]12. The van der Waals surface area contributed by atoms with Crippen molar-refractivity contribution in [1.82, 2.24) is 5.32 Å². The number of hydrogen-bond acceptors (Lipinski definition) is 5. The van der Waals surface area contributed by atoms with Gasteiger partial charge in [-0.25, -0.2) is 9.59 Å². The van der Waals surface area contributed by atoms with Gasteiger partial charge in [-0.2, -0.15) is 0 Å². The molecule has 0 fully saturated rings. The van der Waals surface area contributed by atoms with Gasteiger partial charge in [-0.15, -0.1) is 0 Å². The molecule has 0 radical (unpaired) electrons. The summed E-state index contributed by atoms with van der Waals surface area (Å²) in [6, 6.07) is -0.492. The van der Waals surface area contributed by atoms with Crippen LogP contribution in [0.2, 0.25) is 0 Å². The van der Waals surface area contributed by atoms with Crippen LogP contribution in [0.1, 0.15) is 0 Å². The molecule has 0 spiro atoms. The zero-order valence-electron chi connectivity index (χ0n) is 9.35. The van der Waals surface area contributed by atoms with Crippen LogP contribution in [-0.4, -0.2) is 38.1 Å². The molecule has 0 aromatic heterocycles. The summed E-state index contributed by atoms with van der Waals surface area (Å²) in [6.45, 7) is 0. The fraction of sp³-hybridized carbons (Fsp3) is 0.364. The van der Waals surface area contributed by atoms with Crippen LogP contribution in [0.25, 0.3) is 0 Å². The zero-order valence-corrected chi connectivity index (χ0v) is 9.35. The van der Waals surface area contributed by atoms with E-state index < -0.39 is 18.0 Å². The second-order valence-electron chi connectivity index (χ2n) is 3.68. The number of amides is 1. The predicted molar refractivity (Wildman–Crippen MR) is 55.6 cm³/mol. The third-order valence-corrected chi connectivity index (χ3v) is 2.86. The molecule has 0 unspecified atom stereocenters. The maximum absolute atomic E-state index is 11.5. The van der Waals surface area contributed by atoms with Gasteiger partial charge in [0.1, 0.15) is 0 Å². The highest BCUT2D eigenvalue weighted by Crippen LogP contribution is 2.39. The first-order valence-corrected chi connectivity index (χ1v) is 4.99. The predicted octanol–water partition coefficient (Wildman–Crippen LogP) is -0.687. The van der Waals surface area contributed by atoms with Crippen molar-refractivity contribution in [3.05, 3.63) is 23.3 Å². The molecule has 0 saturated carbocycles. The molecule has 1 N–H and O–H groups in total. The standard InChI is InChI=1S/C11H11NO5/c1-16-10(14)7-5-3-4-6(13)12-9(5)8(7)11(15)17-2/h3-5,9H,1-2H3,(H,12,13)/t5-,9-/m0/s1. The Labute approximate surface area is 97.3 Å². The average molecular weight is 237 g/mol. The molecule has 6 heteroatoms. The van der Waals surface area contributed by atoms with E-state index in [1.165, 1.54) is 20.3 Å². The van der Waals surface area contributed by atoms with Crippen LogP contribution in [0, 0.1) is 5.92 Å². The first-order chi connectivity index (χ1) is 8.10. The summed E-state index contributed by atoms with van der Waals surface area (Å²) in [6.07, 6.45) is 2.92. The van der Waals surface area contributed by atoms with E-state index in [2.05, 4.69) is 14.8 Å². The third kappa shape index (κ3) is 1.61. The molecule has 1 amide bonds. The van der Waals surface area contributed by atoms with E-state index >= 15 is 0 Å². The Kier molecular flexibility index (Phi) is 2.71. The van der Waals surface area contributed by atoms with Crippen molar-refractivity contribution in [2.24, 2.45) is 5.92 Å². The quantitative estimate of drug-likeness (QED) is 0.643. The summed E-state index contributed by atoms with van der Waals surface area (Å²) in [5.74, 6) is -1.81. The van der Waals surface area contributed by atoms with Gasteiger partial charge in [-0.3, -0.25) is 4.79 Å². The second-order valence-corrected chi connectivity index (χ2v) is 3.68. The molecule has 0 saturated heterocycles. The number of carbonyl (C=O) groups excluding carboxylic acids is 3. The van der Waals surface area contributed by atoms with Crippen molar-refractivity contribution in [2.75, 3.05) is 14.2 Å². The van der Waals surface area contributed by atoms with Crippen molar-refractivity contribution in [3.8, 4) is 0 Å². The summed E-state index contributed by atoms with van der Waals surface area (Å²) < 4.78 is 9.19. The number of nitrogens with one attached hydrogen (secondary N) is 1. The van der Waals surface area contributed by atoms with Crippen LogP contribution in [-0.2, 0) is 23.9 Å². The van der Waals surface area contributed by atoms with Crippen molar-refractivity contribution >= 4 is 17.8 Å². The molecule has 6 nitrogen and oxygen atoms in total. The lowest BCUT2D eigenvalue weighted by atomic mass is 9.71. The van der Waals surface area contributed by atoms with E-state index in [1.807, 2.05) is 0 Å². The highest BCUT2D eigenvalue weighted by Gasteiger charge is 2.48. The molecule has 0 aromatic rings. The van der Waals surface area contributed by atoms with Gasteiger partial charge in [0.2, 0.25) is 5.91 Å². The zero-order chi connectivity index (χ0) is 12.6. The largest absolute Gasteiger partial charge is 0.466 e. The Morgan fingerprint density at radius 2 is 1.76 bits per heavy atom. The molecular weight excluding hydrogens is 226 g/mol. The van der Waals surface area contributed by atoms with Gasteiger partial charge in [0.15, 0.2) is 0 Å². The summed E-state index contributed by atoms with van der Waals surface area (Å²) in [4.78, 5) is 34.2. The summed E-state index contributed by atoms with van der Waals surface area (Å²) in [5, 5.41) is 2.60. The maximum atomic E-state index is 11.5. The van der Waals surface area contributed by atoms with Crippen LogP contribution in [0.4, 0.5) is 0 Å². The lowest BCUT2D eigenvalue weighted by molar-refractivity contribution is -0.142. The fourth-order valence-corrected chi connectivity index (χ4v) is 2.06. The topological polar surface area (TPSA) is 81.7 Å². The van der Waals surface area contributed by atoms with Gasteiger partial charge in [-0.1, -0.05) is 6.08 Å². The van der Waals surface area contributed by atoms with Gasteiger partial charge in [0.25, 0.3) is 0 Å². The molecule has 17 heavy (non-hydrogen) atoms. The van der Waals surface area contributed by atoms with E-state index in [1.54, 1.807) is 6.08 Å². The lowest BCUT2D eigenvalue weighted by Gasteiger charge is -2.39. The minimum Gasteiger partial charge on any atom is -0.466 e. The van der Waals surface area contributed by atoms with E-state index in [4.69, 9.17) is 0 Å². The Morgan fingerprint density at radius 1 is 1.18 bits per heavy atom. The van der Waals surface area contributed by atoms with Crippen molar-refractivity contribution in [1.29, 1.82) is 0 Å². The highest BCUT2D eigenvalue weighted by atomic mass is 16.5. The molecule has 2 atom stereocenters. The van der Waals surface area contributed by atoms with Crippen LogP contribution in [0.5, 0.6) is 0 Å². The smallest absolute Gasteiger partial charge is 0.336 e. The monoisotopic (exact) mass is 237 g/mol. The highest BCUT2D eigenvalue weighted by molar-refractivity contribution is 6.07. The first kappa shape index (κ1) is 11.4. The molecule has 2 rings (SSSR count). The molecule has 1 aliphatic heterocycles. The molecular formula is C11H11NO5. The molecule has 1 aliphatic carbocycles. The van der Waals surface area contributed by atoms with Gasteiger partial charge in [0.05, 0.1) is 31.4 Å². The van der Waals surface area contributed by atoms with Gasteiger partial charge in [-0.05, 0) is 6.08 Å². The molecule has 90 valence electrons. The number of methoxy groups -OCH3 is 2. The lowest BCUT2D eigenvalue weighted by Crippen LogP contribution is -2.54. The van der Waals surface area contributed by atoms with Gasteiger partial charge in [0, 0.05) is 5.92 Å².